The van der Waals surface area contributed by atoms with Gasteiger partial charge in [0.2, 0.25) is 0 Å². The van der Waals surface area contributed by atoms with E-state index in [1.54, 1.807) is 11.8 Å². The first kappa shape index (κ1) is 15.7. The van der Waals surface area contributed by atoms with E-state index in [0.29, 0.717) is 0 Å². The molecule has 1 saturated heterocycles. The molecule has 4 rings (SSSR count). The smallest absolute Gasteiger partial charge is 0.138 e. The molecule has 0 aliphatic carbocycles. The maximum absolute atomic E-state index is 5.47. The molecule has 0 spiro atoms. The number of aromatic nitrogens is 2. The summed E-state index contributed by atoms with van der Waals surface area (Å²) in [4.78, 5) is 11.8. The zero-order chi connectivity index (χ0) is 16.4. The Labute approximate surface area is 146 Å². The number of hydrogen-bond donors (Lipinski definition) is 1. The Morgan fingerprint density at radius 1 is 1.17 bits per heavy atom. The van der Waals surface area contributed by atoms with Crippen LogP contribution in [0.5, 0.6) is 0 Å². The molecule has 24 heavy (non-hydrogen) atoms. The third-order valence-corrected chi connectivity index (χ3v) is 5.26. The van der Waals surface area contributed by atoms with Gasteiger partial charge in [0.15, 0.2) is 0 Å². The fourth-order valence-electron chi connectivity index (χ4n) is 3.26. The SMILES string of the molecule is CSc1ccc(-c2c(CN3CCOCC3)[nH]c3ncccc23)cc1. The van der Waals surface area contributed by atoms with Gasteiger partial charge < -0.3 is 9.72 Å². The maximum atomic E-state index is 5.47. The number of hydrogen-bond acceptors (Lipinski definition) is 4. The van der Waals surface area contributed by atoms with Crippen LogP contribution >= 0.6 is 11.8 Å². The zero-order valence-corrected chi connectivity index (χ0v) is 14.6. The molecule has 1 N–H and O–H groups in total. The van der Waals surface area contributed by atoms with Gasteiger partial charge in [0.25, 0.3) is 0 Å². The van der Waals surface area contributed by atoms with Crippen LogP contribution in [-0.2, 0) is 11.3 Å². The van der Waals surface area contributed by atoms with Gasteiger partial charge in [0.05, 0.1) is 13.2 Å². The number of nitrogens with zero attached hydrogens (tertiary/aromatic N) is 2. The van der Waals surface area contributed by atoms with Crippen molar-refractivity contribution in [1.29, 1.82) is 0 Å². The molecule has 0 saturated carbocycles. The van der Waals surface area contributed by atoms with Crippen LogP contribution in [0.2, 0.25) is 0 Å². The Balaban J connectivity index is 1.76. The predicted octanol–water partition coefficient (Wildman–Crippen LogP) is 3.78. The summed E-state index contributed by atoms with van der Waals surface area (Å²) in [6.45, 7) is 4.49. The summed E-state index contributed by atoms with van der Waals surface area (Å²) < 4.78 is 5.47. The Bertz CT molecular complexity index is 822. The first-order valence-electron chi connectivity index (χ1n) is 8.25. The molecule has 1 aromatic carbocycles. The molecule has 2 aromatic heterocycles. The summed E-state index contributed by atoms with van der Waals surface area (Å²) in [6.07, 6.45) is 3.95. The van der Waals surface area contributed by atoms with Gasteiger partial charge in [-0.15, -0.1) is 11.8 Å². The average molecular weight is 339 g/mol. The highest BCUT2D eigenvalue weighted by atomic mass is 32.2. The molecule has 0 unspecified atom stereocenters. The minimum absolute atomic E-state index is 0.816. The second kappa shape index (κ2) is 6.97. The summed E-state index contributed by atoms with van der Waals surface area (Å²) in [5, 5.41) is 1.19. The highest BCUT2D eigenvalue weighted by molar-refractivity contribution is 7.98. The van der Waals surface area contributed by atoms with Crippen molar-refractivity contribution in [1.82, 2.24) is 14.9 Å². The van der Waals surface area contributed by atoms with Crippen LogP contribution in [0, 0.1) is 0 Å². The molecule has 0 atom stereocenters. The van der Waals surface area contributed by atoms with Gasteiger partial charge >= 0.3 is 0 Å². The largest absolute Gasteiger partial charge is 0.379 e. The second-order valence-corrected chi connectivity index (χ2v) is 6.87. The second-order valence-electron chi connectivity index (χ2n) is 6.00. The van der Waals surface area contributed by atoms with Gasteiger partial charge in [-0.1, -0.05) is 12.1 Å². The van der Waals surface area contributed by atoms with Crippen molar-refractivity contribution >= 4 is 22.8 Å². The van der Waals surface area contributed by atoms with E-state index in [2.05, 4.69) is 51.5 Å². The molecule has 0 amide bonds. The number of morpholine rings is 1. The van der Waals surface area contributed by atoms with Crippen molar-refractivity contribution < 1.29 is 4.74 Å². The van der Waals surface area contributed by atoms with Crippen LogP contribution in [0.4, 0.5) is 0 Å². The molecule has 1 aliphatic rings. The Hall–Kier alpha value is -1.82. The van der Waals surface area contributed by atoms with E-state index >= 15 is 0 Å². The summed E-state index contributed by atoms with van der Waals surface area (Å²) in [5.41, 5.74) is 4.72. The van der Waals surface area contributed by atoms with E-state index in [0.717, 1.165) is 38.5 Å². The topological polar surface area (TPSA) is 41.1 Å². The summed E-state index contributed by atoms with van der Waals surface area (Å²) in [7, 11) is 0. The fraction of sp³-hybridized carbons (Fsp3) is 0.316. The van der Waals surface area contributed by atoms with Gasteiger partial charge in [-0.05, 0) is 36.1 Å². The summed E-state index contributed by atoms with van der Waals surface area (Å²) >= 11 is 1.77. The Kier molecular flexibility index (Phi) is 4.56. The number of ether oxygens (including phenoxy) is 1. The number of pyridine rings is 1. The first-order valence-corrected chi connectivity index (χ1v) is 9.48. The van der Waals surface area contributed by atoms with Gasteiger partial charge in [0.1, 0.15) is 5.65 Å². The summed E-state index contributed by atoms with van der Waals surface area (Å²) in [5.74, 6) is 0. The third kappa shape index (κ3) is 3.07. The number of rotatable bonds is 4. The fourth-order valence-corrected chi connectivity index (χ4v) is 3.67. The van der Waals surface area contributed by atoms with Crippen molar-refractivity contribution in [3.05, 3.63) is 48.3 Å². The van der Waals surface area contributed by atoms with Gasteiger partial charge in [-0.3, -0.25) is 4.90 Å². The predicted molar refractivity (Wildman–Crippen MR) is 99.4 cm³/mol. The number of fused-ring (bicyclic) bond motifs is 1. The van der Waals surface area contributed by atoms with E-state index in [9.17, 15) is 0 Å². The minimum atomic E-state index is 0.816. The Morgan fingerprint density at radius 2 is 1.96 bits per heavy atom. The van der Waals surface area contributed by atoms with Crippen LogP contribution in [0.15, 0.2) is 47.5 Å². The van der Waals surface area contributed by atoms with Gasteiger partial charge in [0, 0.05) is 47.4 Å². The normalized spacial score (nSPS) is 15.9. The lowest BCUT2D eigenvalue weighted by molar-refractivity contribution is 0.0338. The van der Waals surface area contributed by atoms with Crippen molar-refractivity contribution in [2.75, 3.05) is 32.6 Å². The van der Waals surface area contributed by atoms with Crippen LogP contribution in [0.25, 0.3) is 22.2 Å². The number of thioether (sulfide) groups is 1. The van der Waals surface area contributed by atoms with Crippen molar-refractivity contribution in [2.24, 2.45) is 0 Å². The van der Waals surface area contributed by atoms with Crippen LogP contribution in [0.3, 0.4) is 0 Å². The molecule has 4 nitrogen and oxygen atoms in total. The average Bonchev–Trinajstić information content (AvgIpc) is 3.00. The van der Waals surface area contributed by atoms with Gasteiger partial charge in [-0.25, -0.2) is 4.98 Å². The lowest BCUT2D eigenvalue weighted by atomic mass is 10.0. The molecule has 3 heterocycles. The maximum Gasteiger partial charge on any atom is 0.138 e. The standard InChI is InChI=1S/C19H21N3OS/c1-24-15-6-4-14(5-7-15)18-16-3-2-8-20-19(16)21-17(18)13-22-9-11-23-12-10-22/h2-8H,9-13H2,1H3,(H,20,21). The zero-order valence-electron chi connectivity index (χ0n) is 13.8. The highest BCUT2D eigenvalue weighted by Gasteiger charge is 2.18. The van der Waals surface area contributed by atoms with Crippen molar-refractivity contribution in [3.63, 3.8) is 0 Å². The number of H-pyrrole nitrogens is 1. The minimum Gasteiger partial charge on any atom is -0.379 e. The molecule has 0 bridgehead atoms. The van der Waals surface area contributed by atoms with Crippen LogP contribution in [-0.4, -0.2) is 47.4 Å². The van der Waals surface area contributed by atoms with E-state index in [1.165, 1.54) is 27.1 Å². The highest BCUT2D eigenvalue weighted by Crippen LogP contribution is 2.33. The monoisotopic (exact) mass is 339 g/mol. The number of aromatic amines is 1. The van der Waals surface area contributed by atoms with E-state index in [1.807, 2.05) is 12.3 Å². The molecule has 1 aliphatic heterocycles. The van der Waals surface area contributed by atoms with E-state index < -0.39 is 0 Å². The molecular formula is C19H21N3OS. The molecule has 3 aromatic rings. The number of benzene rings is 1. The van der Waals surface area contributed by atoms with Crippen molar-refractivity contribution in [3.8, 4) is 11.1 Å². The molecule has 5 heteroatoms. The van der Waals surface area contributed by atoms with Crippen LogP contribution in [0.1, 0.15) is 5.69 Å². The summed E-state index contributed by atoms with van der Waals surface area (Å²) in [6, 6.07) is 13.0. The third-order valence-electron chi connectivity index (χ3n) is 4.51. The molecule has 1 fully saturated rings. The van der Waals surface area contributed by atoms with Gasteiger partial charge in [-0.2, -0.15) is 0 Å². The Morgan fingerprint density at radius 3 is 2.71 bits per heavy atom. The quantitative estimate of drug-likeness (QED) is 0.735. The van der Waals surface area contributed by atoms with Crippen molar-refractivity contribution in [2.45, 2.75) is 11.4 Å². The van der Waals surface area contributed by atoms with E-state index in [4.69, 9.17) is 4.74 Å². The molecular weight excluding hydrogens is 318 g/mol. The lowest BCUT2D eigenvalue weighted by Crippen LogP contribution is -2.35. The lowest BCUT2D eigenvalue weighted by Gasteiger charge is -2.26. The van der Waals surface area contributed by atoms with Crippen LogP contribution < -0.4 is 0 Å². The first-order chi connectivity index (χ1) is 11.8. The molecule has 0 radical (unpaired) electrons. The van der Waals surface area contributed by atoms with E-state index in [-0.39, 0.29) is 0 Å². The molecule has 124 valence electrons. The number of nitrogens with one attached hydrogen (secondary N) is 1.